The van der Waals surface area contributed by atoms with E-state index >= 15 is 0 Å². The van der Waals surface area contributed by atoms with Crippen molar-refractivity contribution in [1.82, 2.24) is 9.88 Å². The average Bonchev–Trinajstić information content (AvgIpc) is 2.82. The Kier molecular flexibility index (Phi) is 3.77. The first-order valence-electron chi connectivity index (χ1n) is 6.80. The molecular formula is C16H20N2O3. The van der Waals surface area contributed by atoms with Crippen LogP contribution in [0.25, 0.3) is 10.9 Å². The van der Waals surface area contributed by atoms with Crippen LogP contribution in [0.5, 0.6) is 0 Å². The minimum absolute atomic E-state index is 0.177. The zero-order valence-electron chi connectivity index (χ0n) is 12.7. The number of nitrogens with zero attached hydrogens (tertiary/aromatic N) is 1. The predicted octanol–water partition coefficient (Wildman–Crippen LogP) is 2.34. The number of carbonyl (C=O) groups is 2. The molecule has 0 radical (unpaired) electrons. The van der Waals surface area contributed by atoms with Gasteiger partial charge >= 0.3 is 5.97 Å². The number of H-pyrrole nitrogens is 1. The van der Waals surface area contributed by atoms with E-state index in [9.17, 15) is 14.7 Å². The van der Waals surface area contributed by atoms with Crippen LogP contribution in [0.1, 0.15) is 25.0 Å². The summed E-state index contributed by atoms with van der Waals surface area (Å²) in [6.07, 6.45) is 1.99. The van der Waals surface area contributed by atoms with Crippen LogP contribution in [0.3, 0.4) is 0 Å². The zero-order chi connectivity index (χ0) is 15.8. The van der Waals surface area contributed by atoms with Gasteiger partial charge in [0.1, 0.15) is 5.54 Å². The molecule has 21 heavy (non-hydrogen) atoms. The Morgan fingerprint density at radius 3 is 2.62 bits per heavy atom. The van der Waals surface area contributed by atoms with Crippen LogP contribution in [0.15, 0.2) is 24.4 Å². The van der Waals surface area contributed by atoms with Crippen LogP contribution in [0.4, 0.5) is 0 Å². The molecule has 1 aromatic heterocycles. The van der Waals surface area contributed by atoms with E-state index < -0.39 is 11.5 Å². The summed E-state index contributed by atoms with van der Waals surface area (Å²) in [4.78, 5) is 28.0. The number of aromatic amines is 1. The minimum atomic E-state index is -1.22. The van der Waals surface area contributed by atoms with Gasteiger partial charge in [-0.1, -0.05) is 18.2 Å². The average molecular weight is 288 g/mol. The van der Waals surface area contributed by atoms with Crippen molar-refractivity contribution in [3.63, 3.8) is 0 Å². The molecule has 1 heterocycles. The van der Waals surface area contributed by atoms with Gasteiger partial charge in [-0.3, -0.25) is 4.79 Å². The van der Waals surface area contributed by atoms with Crippen LogP contribution in [-0.2, 0) is 16.0 Å². The summed E-state index contributed by atoms with van der Waals surface area (Å²) in [5.74, 6) is -1.24. The first kappa shape index (κ1) is 15.1. The number of carboxylic acid groups (broad SMARTS) is 1. The van der Waals surface area contributed by atoms with Gasteiger partial charge in [-0.2, -0.15) is 0 Å². The molecule has 5 nitrogen and oxygen atoms in total. The number of hydrogen-bond acceptors (Lipinski definition) is 2. The van der Waals surface area contributed by atoms with Gasteiger partial charge in [0.05, 0.1) is 6.42 Å². The van der Waals surface area contributed by atoms with Gasteiger partial charge in [-0.25, -0.2) is 4.79 Å². The van der Waals surface area contributed by atoms with E-state index in [1.165, 1.54) is 25.8 Å². The van der Waals surface area contributed by atoms with E-state index in [2.05, 4.69) is 4.98 Å². The molecule has 0 aliphatic rings. The van der Waals surface area contributed by atoms with E-state index in [1.54, 1.807) is 0 Å². The minimum Gasteiger partial charge on any atom is -0.480 e. The van der Waals surface area contributed by atoms with Crippen LogP contribution in [0.2, 0.25) is 0 Å². The summed E-state index contributed by atoms with van der Waals surface area (Å²) in [6.45, 7) is 5.04. The molecule has 0 aliphatic heterocycles. The number of benzene rings is 1. The predicted molar refractivity (Wildman–Crippen MR) is 81.2 cm³/mol. The van der Waals surface area contributed by atoms with Gasteiger partial charge < -0.3 is 15.0 Å². The fraction of sp³-hybridized carbons (Fsp3) is 0.375. The van der Waals surface area contributed by atoms with E-state index in [-0.39, 0.29) is 12.3 Å². The number of carbonyl (C=O) groups excluding carboxylic acids is 1. The number of para-hydroxylation sites is 1. The number of aryl methyl sites for hydroxylation is 1. The summed E-state index contributed by atoms with van der Waals surface area (Å²) >= 11 is 0. The standard InChI is InChI=1S/C16H20N2O3/c1-10-6-5-7-12-11(9-17-14(10)12)8-13(19)18(4)16(2,3)15(20)21/h5-7,9,17H,8H2,1-4H3,(H,20,21). The maximum Gasteiger partial charge on any atom is 0.329 e. The third-order valence-corrected chi connectivity index (χ3v) is 4.09. The summed E-state index contributed by atoms with van der Waals surface area (Å²) in [7, 11) is 1.52. The molecule has 0 fully saturated rings. The zero-order valence-corrected chi connectivity index (χ0v) is 12.7. The second-order valence-corrected chi connectivity index (χ2v) is 5.81. The topological polar surface area (TPSA) is 73.4 Å². The van der Waals surface area contributed by atoms with Crippen molar-refractivity contribution in [1.29, 1.82) is 0 Å². The molecule has 0 spiro atoms. The third kappa shape index (κ3) is 2.63. The van der Waals surface area contributed by atoms with Crippen LogP contribution < -0.4 is 0 Å². The summed E-state index contributed by atoms with van der Waals surface area (Å²) in [5.41, 5.74) is 1.79. The van der Waals surface area contributed by atoms with E-state index in [0.29, 0.717) is 0 Å². The molecule has 0 atom stereocenters. The summed E-state index contributed by atoms with van der Waals surface area (Å²) in [6, 6.07) is 5.91. The molecule has 0 saturated carbocycles. The number of amides is 1. The highest BCUT2D eigenvalue weighted by Crippen LogP contribution is 2.23. The van der Waals surface area contributed by atoms with E-state index in [4.69, 9.17) is 0 Å². The lowest BCUT2D eigenvalue weighted by Crippen LogP contribution is -2.51. The lowest BCUT2D eigenvalue weighted by Gasteiger charge is -2.31. The highest BCUT2D eigenvalue weighted by atomic mass is 16.4. The Balaban J connectivity index is 2.27. The fourth-order valence-corrected chi connectivity index (χ4v) is 2.25. The molecule has 2 rings (SSSR count). The highest BCUT2D eigenvalue weighted by molar-refractivity contribution is 5.92. The molecule has 0 aliphatic carbocycles. The molecule has 2 aromatic rings. The van der Waals surface area contributed by atoms with Gasteiger partial charge in [-0.15, -0.1) is 0 Å². The largest absolute Gasteiger partial charge is 0.480 e. The number of hydrogen-bond donors (Lipinski definition) is 2. The molecular weight excluding hydrogens is 268 g/mol. The Morgan fingerprint density at radius 2 is 2.00 bits per heavy atom. The first-order chi connectivity index (χ1) is 9.75. The van der Waals surface area contributed by atoms with Crippen molar-refractivity contribution in [2.45, 2.75) is 32.7 Å². The van der Waals surface area contributed by atoms with Gasteiger partial charge in [0, 0.05) is 24.1 Å². The molecule has 5 heteroatoms. The number of nitrogens with one attached hydrogen (secondary N) is 1. The first-order valence-corrected chi connectivity index (χ1v) is 6.80. The smallest absolute Gasteiger partial charge is 0.329 e. The number of aromatic nitrogens is 1. The maximum absolute atomic E-state index is 12.3. The molecule has 1 amide bonds. The SMILES string of the molecule is Cc1cccc2c(CC(=O)N(C)C(C)(C)C(=O)O)c[nH]c12. The van der Waals surface area contributed by atoms with Gasteiger partial charge in [0.25, 0.3) is 0 Å². The quantitative estimate of drug-likeness (QED) is 0.907. The van der Waals surface area contributed by atoms with Gasteiger partial charge in [-0.05, 0) is 31.9 Å². The number of carboxylic acids is 1. The molecule has 2 N–H and O–H groups in total. The number of likely N-dealkylation sites (N-methyl/N-ethyl adjacent to an activating group) is 1. The van der Waals surface area contributed by atoms with Gasteiger partial charge in [0.2, 0.25) is 5.91 Å². The lowest BCUT2D eigenvalue weighted by atomic mass is 10.0. The number of fused-ring (bicyclic) bond motifs is 1. The molecule has 0 bridgehead atoms. The Hall–Kier alpha value is -2.30. The van der Waals surface area contributed by atoms with Crippen molar-refractivity contribution < 1.29 is 14.7 Å². The fourth-order valence-electron chi connectivity index (χ4n) is 2.25. The van der Waals surface area contributed by atoms with Crippen molar-refractivity contribution in [3.05, 3.63) is 35.5 Å². The summed E-state index contributed by atoms with van der Waals surface area (Å²) < 4.78 is 0. The highest BCUT2D eigenvalue weighted by Gasteiger charge is 2.35. The molecule has 1 aromatic carbocycles. The lowest BCUT2D eigenvalue weighted by molar-refractivity contribution is -0.155. The normalized spacial score (nSPS) is 11.6. The third-order valence-electron chi connectivity index (χ3n) is 4.09. The number of aliphatic carboxylic acids is 1. The van der Waals surface area contributed by atoms with Crippen molar-refractivity contribution in [2.24, 2.45) is 0 Å². The molecule has 112 valence electrons. The van der Waals surface area contributed by atoms with Crippen LogP contribution >= 0.6 is 0 Å². The van der Waals surface area contributed by atoms with E-state index in [1.807, 2.05) is 31.3 Å². The number of rotatable bonds is 4. The Bertz CT molecular complexity index is 701. The monoisotopic (exact) mass is 288 g/mol. The van der Waals surface area contributed by atoms with Gasteiger partial charge in [0.15, 0.2) is 0 Å². The van der Waals surface area contributed by atoms with Crippen molar-refractivity contribution >= 4 is 22.8 Å². The van der Waals surface area contributed by atoms with Crippen molar-refractivity contribution in [2.75, 3.05) is 7.05 Å². The molecule has 0 saturated heterocycles. The van der Waals surface area contributed by atoms with E-state index in [0.717, 1.165) is 22.0 Å². The maximum atomic E-state index is 12.3. The summed E-state index contributed by atoms with van der Waals surface area (Å²) in [5, 5.41) is 10.2. The van der Waals surface area contributed by atoms with Crippen LogP contribution in [0, 0.1) is 6.92 Å². The Morgan fingerprint density at radius 1 is 1.33 bits per heavy atom. The Labute approximate surface area is 123 Å². The van der Waals surface area contributed by atoms with Crippen molar-refractivity contribution in [3.8, 4) is 0 Å². The molecule has 0 unspecified atom stereocenters. The van der Waals surface area contributed by atoms with Crippen LogP contribution in [-0.4, -0.2) is 39.5 Å². The second kappa shape index (κ2) is 5.24. The second-order valence-electron chi connectivity index (χ2n) is 5.81.